The maximum atomic E-state index is 6.02. The molecule has 0 radical (unpaired) electrons. The van der Waals surface area contributed by atoms with Crippen molar-refractivity contribution >= 4 is 11.0 Å². The van der Waals surface area contributed by atoms with E-state index in [2.05, 4.69) is 192 Å². The quantitative estimate of drug-likeness (QED) is 0.145. The SMILES string of the molecule is c1ccc(-c2cccc(-c3cc4nc(-c5ccccc5)c(-c5ccc(-c6ccc(-c7nnc(-c8ccccc8)o7)cc6)cc5)nc4cc3-c3cccc(-c4ccccc4)c3)c2)cc1. The van der Waals surface area contributed by atoms with Crippen molar-refractivity contribution in [1.82, 2.24) is 20.2 Å². The first-order chi connectivity index (χ1) is 31.2. The lowest BCUT2D eigenvalue weighted by atomic mass is 9.90. The summed E-state index contributed by atoms with van der Waals surface area (Å²) in [4.78, 5) is 10.9. The van der Waals surface area contributed by atoms with Crippen molar-refractivity contribution in [3.8, 4) is 101 Å². The van der Waals surface area contributed by atoms with Gasteiger partial charge in [-0.2, -0.15) is 0 Å². The van der Waals surface area contributed by atoms with Crippen LogP contribution in [-0.2, 0) is 0 Å². The van der Waals surface area contributed by atoms with E-state index in [0.717, 1.165) is 89.2 Å². The Balaban J connectivity index is 1.01. The molecule has 0 aliphatic rings. The summed E-state index contributed by atoms with van der Waals surface area (Å²) in [5.74, 6) is 0.985. The second kappa shape index (κ2) is 16.5. The van der Waals surface area contributed by atoms with Crippen LogP contribution in [0.25, 0.3) is 112 Å². The fraction of sp³-hybridized carbons (Fsp3) is 0. The van der Waals surface area contributed by atoms with E-state index in [4.69, 9.17) is 14.4 Å². The molecule has 0 spiro atoms. The van der Waals surface area contributed by atoms with Gasteiger partial charge in [0.05, 0.1) is 22.4 Å². The van der Waals surface area contributed by atoms with E-state index in [0.29, 0.717) is 11.8 Å². The Kier molecular flexibility index (Phi) is 9.80. The van der Waals surface area contributed by atoms with Crippen molar-refractivity contribution in [2.75, 3.05) is 0 Å². The molecule has 0 saturated carbocycles. The summed E-state index contributed by atoms with van der Waals surface area (Å²) in [6.07, 6.45) is 0. The summed E-state index contributed by atoms with van der Waals surface area (Å²) < 4.78 is 6.02. The highest BCUT2D eigenvalue weighted by molar-refractivity contribution is 5.97. The molecule has 0 atom stereocenters. The van der Waals surface area contributed by atoms with Gasteiger partial charge in [0.15, 0.2) is 0 Å². The van der Waals surface area contributed by atoms with E-state index >= 15 is 0 Å². The van der Waals surface area contributed by atoms with Gasteiger partial charge in [-0.3, -0.25) is 0 Å². The highest BCUT2D eigenvalue weighted by Crippen LogP contribution is 2.40. The first-order valence-corrected chi connectivity index (χ1v) is 21.0. The molecule has 11 aromatic rings. The molecule has 9 aromatic carbocycles. The summed E-state index contributed by atoms with van der Waals surface area (Å²) >= 11 is 0. The first kappa shape index (κ1) is 37.5. The molecular weight excluding hydrogens is 769 g/mol. The minimum atomic E-state index is 0.485. The van der Waals surface area contributed by atoms with Gasteiger partial charge >= 0.3 is 0 Å². The molecule has 0 bridgehead atoms. The van der Waals surface area contributed by atoms with Crippen LogP contribution in [0, 0.1) is 0 Å². The molecule has 0 unspecified atom stereocenters. The molecule has 5 heteroatoms. The molecule has 5 nitrogen and oxygen atoms in total. The van der Waals surface area contributed by atoms with Crippen LogP contribution in [0.15, 0.2) is 235 Å². The second-order valence-electron chi connectivity index (χ2n) is 15.5. The van der Waals surface area contributed by atoms with Crippen LogP contribution < -0.4 is 0 Å². The van der Waals surface area contributed by atoms with E-state index in [9.17, 15) is 0 Å². The average molecular weight is 807 g/mol. The Morgan fingerprint density at radius 3 is 0.984 bits per heavy atom. The van der Waals surface area contributed by atoms with Crippen molar-refractivity contribution < 1.29 is 4.42 Å². The Morgan fingerprint density at radius 2 is 0.540 bits per heavy atom. The monoisotopic (exact) mass is 806 g/mol. The zero-order valence-electron chi connectivity index (χ0n) is 34.1. The van der Waals surface area contributed by atoms with E-state index in [-0.39, 0.29) is 0 Å². The number of aromatic nitrogens is 4. The third-order valence-corrected chi connectivity index (χ3v) is 11.5. The fourth-order valence-corrected chi connectivity index (χ4v) is 8.24. The van der Waals surface area contributed by atoms with Gasteiger partial charge in [-0.15, -0.1) is 10.2 Å². The molecule has 63 heavy (non-hydrogen) atoms. The maximum absolute atomic E-state index is 6.02. The normalized spacial score (nSPS) is 11.2. The summed E-state index contributed by atoms with van der Waals surface area (Å²) in [7, 11) is 0. The maximum Gasteiger partial charge on any atom is 0.248 e. The zero-order chi connectivity index (χ0) is 42.0. The molecular formula is C58H38N4O. The van der Waals surface area contributed by atoms with Crippen LogP contribution in [0.4, 0.5) is 0 Å². The van der Waals surface area contributed by atoms with Crippen molar-refractivity contribution in [3.63, 3.8) is 0 Å². The molecule has 0 aliphatic heterocycles. The van der Waals surface area contributed by atoms with Crippen LogP contribution in [-0.4, -0.2) is 20.2 Å². The summed E-state index contributed by atoms with van der Waals surface area (Å²) in [6.45, 7) is 0. The minimum Gasteiger partial charge on any atom is -0.416 e. The third-order valence-electron chi connectivity index (χ3n) is 11.5. The van der Waals surface area contributed by atoms with E-state index in [1.165, 1.54) is 11.1 Å². The van der Waals surface area contributed by atoms with E-state index in [1.807, 2.05) is 48.5 Å². The van der Waals surface area contributed by atoms with Crippen LogP contribution >= 0.6 is 0 Å². The van der Waals surface area contributed by atoms with Gasteiger partial charge in [0, 0.05) is 22.3 Å². The summed E-state index contributed by atoms with van der Waals surface area (Å²) in [5, 5.41) is 8.58. The van der Waals surface area contributed by atoms with Crippen LogP contribution in [0.5, 0.6) is 0 Å². The molecule has 0 N–H and O–H groups in total. The number of rotatable bonds is 9. The smallest absolute Gasteiger partial charge is 0.248 e. The van der Waals surface area contributed by atoms with Gasteiger partial charge in [-0.25, -0.2) is 9.97 Å². The second-order valence-corrected chi connectivity index (χ2v) is 15.5. The topological polar surface area (TPSA) is 64.7 Å². The van der Waals surface area contributed by atoms with Crippen molar-refractivity contribution in [2.45, 2.75) is 0 Å². The number of hydrogen-bond acceptors (Lipinski definition) is 5. The number of nitrogens with zero attached hydrogens (tertiary/aromatic N) is 4. The highest BCUT2D eigenvalue weighted by atomic mass is 16.4. The Labute approximate surface area is 365 Å². The molecule has 0 saturated heterocycles. The standard InChI is InChI=1S/C58H38N4O/c1-5-15-39(16-6-1)47-23-13-25-49(35-47)51-37-53-54(38-52(51)50-26-14-24-48(36-50)40-17-7-2-8-18-40)60-56(55(59-53)43-19-9-3-10-20-43)44-31-27-41(28-32-44)42-29-33-46(34-30-42)58-62-61-57(63-58)45-21-11-4-12-22-45/h1-38H. The Morgan fingerprint density at radius 1 is 0.238 bits per heavy atom. The predicted octanol–water partition coefficient (Wildman–Crippen LogP) is 15.0. The van der Waals surface area contributed by atoms with Crippen LogP contribution in [0.2, 0.25) is 0 Å². The third kappa shape index (κ3) is 7.60. The molecule has 0 aliphatic carbocycles. The Bertz CT molecular complexity index is 3350. The van der Waals surface area contributed by atoms with Gasteiger partial charge in [0.1, 0.15) is 0 Å². The van der Waals surface area contributed by atoms with Gasteiger partial charge in [-0.1, -0.05) is 182 Å². The first-order valence-electron chi connectivity index (χ1n) is 21.0. The molecule has 2 heterocycles. The van der Waals surface area contributed by atoms with Crippen molar-refractivity contribution in [1.29, 1.82) is 0 Å². The van der Waals surface area contributed by atoms with Crippen molar-refractivity contribution in [2.24, 2.45) is 0 Å². The Hall–Kier alpha value is -8.54. The lowest BCUT2D eigenvalue weighted by Crippen LogP contribution is -1.97. The van der Waals surface area contributed by atoms with E-state index < -0.39 is 0 Å². The lowest BCUT2D eigenvalue weighted by Gasteiger charge is -2.16. The molecule has 11 rings (SSSR count). The molecule has 296 valence electrons. The number of fused-ring (bicyclic) bond motifs is 1. The summed E-state index contributed by atoms with van der Waals surface area (Å²) in [6, 6.07) is 80.1. The van der Waals surface area contributed by atoms with Gasteiger partial charge < -0.3 is 4.42 Å². The van der Waals surface area contributed by atoms with Crippen LogP contribution in [0.3, 0.4) is 0 Å². The van der Waals surface area contributed by atoms with Crippen LogP contribution in [0.1, 0.15) is 0 Å². The van der Waals surface area contributed by atoms with Gasteiger partial charge in [-0.05, 0) is 104 Å². The van der Waals surface area contributed by atoms with Gasteiger partial charge in [0.2, 0.25) is 11.8 Å². The van der Waals surface area contributed by atoms with E-state index in [1.54, 1.807) is 0 Å². The molecule has 2 aromatic heterocycles. The molecule has 0 fully saturated rings. The number of hydrogen-bond donors (Lipinski definition) is 0. The average Bonchev–Trinajstić information content (AvgIpc) is 3.88. The zero-order valence-corrected chi connectivity index (χ0v) is 34.1. The predicted molar refractivity (Wildman–Crippen MR) is 256 cm³/mol. The minimum absolute atomic E-state index is 0.485. The largest absolute Gasteiger partial charge is 0.416 e. The number of benzene rings is 9. The fourth-order valence-electron chi connectivity index (χ4n) is 8.24. The molecule has 0 amide bonds. The lowest BCUT2D eigenvalue weighted by molar-refractivity contribution is 0.584. The highest BCUT2D eigenvalue weighted by Gasteiger charge is 2.18. The van der Waals surface area contributed by atoms with Gasteiger partial charge in [0.25, 0.3) is 0 Å². The van der Waals surface area contributed by atoms with Crippen molar-refractivity contribution in [3.05, 3.63) is 231 Å². The summed E-state index contributed by atoms with van der Waals surface area (Å²) in [5.41, 5.74) is 18.3.